The molecule has 1 heterocycles. The van der Waals surface area contributed by atoms with Gasteiger partial charge in [-0.2, -0.15) is 0 Å². The molecular formula is C18H16ClNO3. The maximum atomic E-state index is 12.1. The zero-order valence-electron chi connectivity index (χ0n) is 12.6. The van der Waals surface area contributed by atoms with E-state index in [1.54, 1.807) is 19.4 Å². The van der Waals surface area contributed by atoms with Crippen LogP contribution < -0.4 is 10.1 Å². The minimum atomic E-state index is -0.0662. The van der Waals surface area contributed by atoms with E-state index < -0.39 is 0 Å². The Balaban J connectivity index is 1.66. The van der Waals surface area contributed by atoms with Gasteiger partial charge in [-0.05, 0) is 29.8 Å². The van der Waals surface area contributed by atoms with E-state index >= 15 is 0 Å². The number of carbonyl (C=O) groups excluding carboxylic acids is 1. The highest BCUT2D eigenvalue weighted by molar-refractivity contribution is 6.30. The van der Waals surface area contributed by atoms with E-state index in [0.29, 0.717) is 17.2 Å². The van der Waals surface area contributed by atoms with Crippen LogP contribution >= 0.6 is 11.6 Å². The van der Waals surface area contributed by atoms with Crippen molar-refractivity contribution < 1.29 is 13.9 Å². The summed E-state index contributed by atoms with van der Waals surface area (Å²) in [6.45, 7) is 0.447. The van der Waals surface area contributed by atoms with Gasteiger partial charge in [-0.3, -0.25) is 4.79 Å². The third kappa shape index (κ3) is 3.66. The standard InChI is InChI=1S/C18H16ClNO3/c1-22-15-5-6-16-13(11-23-17(16)9-15)8-18(21)20-10-12-3-2-4-14(19)7-12/h2-7,9,11H,8,10H2,1H3,(H,20,21). The first-order valence-electron chi connectivity index (χ1n) is 7.21. The summed E-state index contributed by atoms with van der Waals surface area (Å²) in [6, 6.07) is 13.0. The average molecular weight is 330 g/mol. The molecule has 0 saturated carbocycles. The van der Waals surface area contributed by atoms with Gasteiger partial charge in [-0.25, -0.2) is 0 Å². The van der Waals surface area contributed by atoms with Crippen molar-refractivity contribution in [1.82, 2.24) is 5.32 Å². The molecule has 0 fully saturated rings. The van der Waals surface area contributed by atoms with Gasteiger partial charge in [0.05, 0.1) is 19.8 Å². The number of rotatable bonds is 5. The molecule has 0 radical (unpaired) electrons. The molecule has 0 unspecified atom stereocenters. The molecule has 0 aliphatic carbocycles. The highest BCUT2D eigenvalue weighted by Gasteiger charge is 2.11. The molecule has 1 amide bonds. The maximum Gasteiger partial charge on any atom is 0.224 e. The smallest absolute Gasteiger partial charge is 0.224 e. The summed E-state index contributed by atoms with van der Waals surface area (Å²) in [5, 5.41) is 4.47. The number of hydrogen-bond donors (Lipinski definition) is 1. The van der Waals surface area contributed by atoms with Gasteiger partial charge >= 0.3 is 0 Å². The summed E-state index contributed by atoms with van der Waals surface area (Å²) in [5.41, 5.74) is 2.53. The lowest BCUT2D eigenvalue weighted by atomic mass is 10.1. The summed E-state index contributed by atoms with van der Waals surface area (Å²) >= 11 is 5.93. The second-order valence-electron chi connectivity index (χ2n) is 5.21. The molecule has 118 valence electrons. The summed E-state index contributed by atoms with van der Waals surface area (Å²) in [7, 11) is 1.61. The average Bonchev–Trinajstić information content (AvgIpc) is 2.95. The van der Waals surface area contributed by atoms with Crippen LogP contribution in [-0.4, -0.2) is 13.0 Å². The lowest BCUT2D eigenvalue weighted by Crippen LogP contribution is -2.24. The number of nitrogens with one attached hydrogen (secondary N) is 1. The van der Waals surface area contributed by atoms with Gasteiger partial charge in [-0.15, -0.1) is 0 Å². The summed E-state index contributed by atoms with van der Waals surface area (Å²) < 4.78 is 10.7. The number of carbonyl (C=O) groups is 1. The zero-order valence-corrected chi connectivity index (χ0v) is 13.4. The van der Waals surface area contributed by atoms with Crippen LogP contribution in [0.3, 0.4) is 0 Å². The minimum Gasteiger partial charge on any atom is -0.497 e. The van der Waals surface area contributed by atoms with Gasteiger partial charge in [0.2, 0.25) is 5.91 Å². The van der Waals surface area contributed by atoms with Crippen LogP contribution in [0.1, 0.15) is 11.1 Å². The predicted molar refractivity (Wildman–Crippen MR) is 89.8 cm³/mol. The molecule has 4 nitrogen and oxygen atoms in total. The van der Waals surface area contributed by atoms with Crippen molar-refractivity contribution in [1.29, 1.82) is 0 Å². The monoisotopic (exact) mass is 329 g/mol. The number of fused-ring (bicyclic) bond motifs is 1. The fourth-order valence-corrected chi connectivity index (χ4v) is 2.62. The molecule has 0 atom stereocenters. The first-order valence-corrected chi connectivity index (χ1v) is 7.59. The van der Waals surface area contributed by atoms with Gasteiger partial charge in [0.25, 0.3) is 0 Å². The second kappa shape index (κ2) is 6.75. The van der Waals surface area contributed by atoms with Crippen LogP contribution in [0.25, 0.3) is 11.0 Å². The van der Waals surface area contributed by atoms with Crippen molar-refractivity contribution in [2.45, 2.75) is 13.0 Å². The van der Waals surface area contributed by atoms with Crippen LogP contribution in [-0.2, 0) is 17.8 Å². The molecule has 1 N–H and O–H groups in total. The van der Waals surface area contributed by atoms with Crippen LogP contribution in [0.15, 0.2) is 53.1 Å². The Kier molecular flexibility index (Phi) is 4.53. The van der Waals surface area contributed by atoms with E-state index in [9.17, 15) is 4.79 Å². The topological polar surface area (TPSA) is 51.5 Å². The number of amides is 1. The van der Waals surface area contributed by atoms with Gasteiger partial charge in [0.15, 0.2) is 0 Å². The number of hydrogen-bond acceptors (Lipinski definition) is 3. The molecule has 2 aromatic carbocycles. The SMILES string of the molecule is COc1ccc2c(CC(=O)NCc3cccc(Cl)c3)coc2c1. The lowest BCUT2D eigenvalue weighted by molar-refractivity contribution is -0.120. The maximum absolute atomic E-state index is 12.1. The molecule has 3 aromatic rings. The zero-order chi connectivity index (χ0) is 16.2. The van der Waals surface area contributed by atoms with E-state index in [2.05, 4.69) is 5.32 Å². The van der Waals surface area contributed by atoms with Crippen molar-refractivity contribution in [2.24, 2.45) is 0 Å². The first kappa shape index (κ1) is 15.4. The number of ether oxygens (including phenoxy) is 1. The highest BCUT2D eigenvalue weighted by Crippen LogP contribution is 2.25. The van der Waals surface area contributed by atoms with Crippen molar-refractivity contribution in [2.75, 3.05) is 7.11 Å². The Morgan fingerprint density at radius 3 is 2.91 bits per heavy atom. The molecule has 3 rings (SSSR count). The van der Waals surface area contributed by atoms with Gasteiger partial charge in [0.1, 0.15) is 11.3 Å². The number of methoxy groups -OCH3 is 1. The molecule has 0 bridgehead atoms. The Bertz CT molecular complexity index is 841. The van der Waals surface area contributed by atoms with Crippen molar-refractivity contribution in [3.63, 3.8) is 0 Å². The summed E-state index contributed by atoms with van der Waals surface area (Å²) in [5.74, 6) is 0.660. The van der Waals surface area contributed by atoms with Gasteiger partial charge in [-0.1, -0.05) is 23.7 Å². The van der Waals surface area contributed by atoms with Crippen LogP contribution in [0.2, 0.25) is 5.02 Å². The minimum absolute atomic E-state index is 0.0662. The normalized spacial score (nSPS) is 10.7. The summed E-state index contributed by atoms with van der Waals surface area (Å²) in [6.07, 6.45) is 1.88. The van der Waals surface area contributed by atoms with Crippen LogP contribution in [0, 0.1) is 0 Å². The number of furan rings is 1. The third-order valence-corrected chi connectivity index (χ3v) is 3.83. The van der Waals surface area contributed by atoms with Gasteiger partial charge in [0, 0.05) is 28.6 Å². The first-order chi connectivity index (χ1) is 11.2. The quantitative estimate of drug-likeness (QED) is 0.771. The molecule has 0 spiro atoms. The Morgan fingerprint density at radius 1 is 1.26 bits per heavy atom. The Labute approximate surface area is 139 Å². The lowest BCUT2D eigenvalue weighted by Gasteiger charge is -2.05. The molecule has 23 heavy (non-hydrogen) atoms. The fourth-order valence-electron chi connectivity index (χ4n) is 2.41. The molecule has 5 heteroatoms. The van der Waals surface area contributed by atoms with E-state index in [1.807, 2.05) is 36.4 Å². The number of halogens is 1. The van der Waals surface area contributed by atoms with E-state index in [1.165, 1.54) is 0 Å². The van der Waals surface area contributed by atoms with Crippen LogP contribution in [0.5, 0.6) is 5.75 Å². The largest absolute Gasteiger partial charge is 0.497 e. The third-order valence-electron chi connectivity index (χ3n) is 3.59. The van der Waals surface area contributed by atoms with Crippen molar-refractivity contribution in [3.8, 4) is 5.75 Å². The molecule has 0 aliphatic heterocycles. The molecule has 1 aromatic heterocycles. The number of benzene rings is 2. The molecular weight excluding hydrogens is 314 g/mol. The second-order valence-corrected chi connectivity index (χ2v) is 5.64. The van der Waals surface area contributed by atoms with Crippen molar-refractivity contribution >= 4 is 28.5 Å². The van der Waals surface area contributed by atoms with Gasteiger partial charge < -0.3 is 14.5 Å². The van der Waals surface area contributed by atoms with E-state index in [4.69, 9.17) is 20.8 Å². The van der Waals surface area contributed by atoms with E-state index in [0.717, 1.165) is 22.3 Å². The fraction of sp³-hybridized carbons (Fsp3) is 0.167. The Hall–Kier alpha value is -2.46. The van der Waals surface area contributed by atoms with E-state index in [-0.39, 0.29) is 12.3 Å². The summed E-state index contributed by atoms with van der Waals surface area (Å²) in [4.78, 5) is 12.1. The van der Waals surface area contributed by atoms with Crippen molar-refractivity contribution in [3.05, 3.63) is 64.9 Å². The predicted octanol–water partition coefficient (Wildman–Crippen LogP) is 3.95. The Morgan fingerprint density at radius 2 is 2.13 bits per heavy atom. The molecule has 0 aliphatic rings. The highest BCUT2D eigenvalue weighted by atomic mass is 35.5. The molecule has 0 saturated heterocycles. The van der Waals surface area contributed by atoms with Crippen LogP contribution in [0.4, 0.5) is 0 Å².